The molecule has 1 aromatic carbocycles. The van der Waals surface area contributed by atoms with E-state index in [9.17, 15) is 0 Å². The van der Waals surface area contributed by atoms with E-state index in [2.05, 4.69) is 68.7 Å². The van der Waals surface area contributed by atoms with Crippen LogP contribution in [-0.4, -0.2) is 33.3 Å². The van der Waals surface area contributed by atoms with Gasteiger partial charge in [-0.25, -0.2) is 14.7 Å². The normalized spacial score (nSPS) is 16.6. The number of guanidine groups is 1. The third-order valence-corrected chi connectivity index (χ3v) is 4.85. The molecule has 2 N–H and O–H groups in total. The van der Waals surface area contributed by atoms with Crippen LogP contribution in [0, 0.1) is 13.8 Å². The first kappa shape index (κ1) is 21.1. The van der Waals surface area contributed by atoms with Gasteiger partial charge >= 0.3 is 0 Å². The smallest absolute Gasteiger partial charge is 0.191 e. The molecule has 6 nitrogen and oxygen atoms in total. The summed E-state index contributed by atoms with van der Waals surface area (Å²) in [5, 5.41) is 11.4. The van der Waals surface area contributed by atoms with Crippen LogP contribution in [-0.2, 0) is 19.5 Å². The van der Waals surface area contributed by atoms with Gasteiger partial charge in [-0.2, -0.15) is 5.10 Å². The molecule has 2 heterocycles. The van der Waals surface area contributed by atoms with E-state index in [0.29, 0.717) is 12.6 Å². The third kappa shape index (κ3) is 5.42. The minimum absolute atomic E-state index is 0. The molecule has 0 bridgehead atoms. The molecule has 8 heteroatoms. The van der Waals surface area contributed by atoms with Crippen molar-refractivity contribution in [2.45, 2.75) is 52.7 Å². The number of benzene rings is 1. The number of aryl methyl sites for hydroxylation is 3. The van der Waals surface area contributed by atoms with Crippen LogP contribution in [0.5, 0.6) is 0 Å². The minimum atomic E-state index is 0. The van der Waals surface area contributed by atoms with Gasteiger partial charge in [0, 0.05) is 23.5 Å². The van der Waals surface area contributed by atoms with E-state index in [4.69, 9.17) is 4.99 Å². The first-order chi connectivity index (χ1) is 12.0. The van der Waals surface area contributed by atoms with E-state index in [-0.39, 0.29) is 24.0 Å². The summed E-state index contributed by atoms with van der Waals surface area (Å²) >= 11 is 3.51. The van der Waals surface area contributed by atoms with Gasteiger partial charge in [-0.15, -0.1) is 24.0 Å². The molecule has 1 aliphatic heterocycles. The van der Waals surface area contributed by atoms with E-state index in [1.54, 1.807) is 0 Å². The maximum Gasteiger partial charge on any atom is 0.191 e. The Morgan fingerprint density at radius 2 is 2.19 bits per heavy atom. The molecule has 142 valence electrons. The topological polar surface area (TPSA) is 67.1 Å². The molecule has 26 heavy (non-hydrogen) atoms. The molecule has 0 fully saturated rings. The Labute approximate surface area is 180 Å². The van der Waals surface area contributed by atoms with Gasteiger partial charge < -0.3 is 10.6 Å². The molecule has 1 atom stereocenters. The summed E-state index contributed by atoms with van der Waals surface area (Å²) in [7, 11) is 0. The van der Waals surface area contributed by atoms with E-state index in [1.165, 1.54) is 11.1 Å². The summed E-state index contributed by atoms with van der Waals surface area (Å²) in [6.45, 7) is 8.48. The van der Waals surface area contributed by atoms with Crippen molar-refractivity contribution in [1.29, 1.82) is 0 Å². The van der Waals surface area contributed by atoms with Crippen molar-refractivity contribution in [1.82, 2.24) is 25.4 Å². The zero-order valence-corrected chi connectivity index (χ0v) is 19.3. The molecule has 2 aromatic rings. The lowest BCUT2D eigenvalue weighted by molar-refractivity contribution is 0.392. The fourth-order valence-corrected chi connectivity index (χ4v) is 3.54. The summed E-state index contributed by atoms with van der Waals surface area (Å²) in [6, 6.07) is 6.63. The Balaban J connectivity index is 0.00000243. The lowest BCUT2D eigenvalue weighted by Gasteiger charge is -2.25. The monoisotopic (exact) mass is 532 g/mol. The number of aliphatic imine (C=N–C) groups is 1. The second-order valence-corrected chi connectivity index (χ2v) is 7.32. The quantitative estimate of drug-likeness (QED) is 0.360. The molecule has 1 unspecified atom stereocenters. The lowest BCUT2D eigenvalue weighted by Crippen LogP contribution is -2.47. The van der Waals surface area contributed by atoms with Crippen LogP contribution in [0.4, 0.5) is 0 Å². The standard InChI is InChI=1S/C18H25BrN6.HI/c1-4-20-18(21-10-14-5-6-15(19)9-12(14)2)23-16-7-8-17-22-13(3)24-25(17)11-16;/h5-6,9,16H,4,7-8,10-11H2,1-3H3,(H2,20,21,23);1H. The summed E-state index contributed by atoms with van der Waals surface area (Å²) in [6.07, 6.45) is 1.99. The fraction of sp³-hybridized carbons (Fsp3) is 0.500. The maximum absolute atomic E-state index is 4.76. The number of halogens is 2. The zero-order chi connectivity index (χ0) is 17.8. The molecule has 0 radical (unpaired) electrons. The Bertz CT molecular complexity index is 773. The van der Waals surface area contributed by atoms with Gasteiger partial charge in [0.1, 0.15) is 11.6 Å². The maximum atomic E-state index is 4.76. The van der Waals surface area contributed by atoms with E-state index < -0.39 is 0 Å². The van der Waals surface area contributed by atoms with Crippen LogP contribution < -0.4 is 10.6 Å². The molecule has 0 saturated heterocycles. The number of hydrogen-bond donors (Lipinski definition) is 2. The van der Waals surface area contributed by atoms with Crippen LogP contribution in [0.25, 0.3) is 0 Å². The Morgan fingerprint density at radius 3 is 2.92 bits per heavy atom. The minimum Gasteiger partial charge on any atom is -0.357 e. The predicted octanol–water partition coefficient (Wildman–Crippen LogP) is 3.35. The number of fused-ring (bicyclic) bond motifs is 1. The van der Waals surface area contributed by atoms with E-state index in [1.807, 2.05) is 11.6 Å². The van der Waals surface area contributed by atoms with Crippen molar-refractivity contribution in [2.24, 2.45) is 4.99 Å². The average Bonchev–Trinajstić information content (AvgIpc) is 2.93. The highest BCUT2D eigenvalue weighted by Gasteiger charge is 2.21. The SMILES string of the molecule is CCNC(=NCc1ccc(Br)cc1C)NC1CCc2nc(C)nn2C1.I. The number of rotatable bonds is 4. The van der Waals surface area contributed by atoms with E-state index >= 15 is 0 Å². The van der Waals surface area contributed by atoms with Crippen molar-refractivity contribution in [3.05, 3.63) is 45.4 Å². The fourth-order valence-electron chi connectivity index (χ4n) is 3.07. The first-order valence-corrected chi connectivity index (χ1v) is 9.54. The van der Waals surface area contributed by atoms with Gasteiger partial charge in [0.05, 0.1) is 13.1 Å². The van der Waals surface area contributed by atoms with Crippen molar-refractivity contribution in [3.63, 3.8) is 0 Å². The van der Waals surface area contributed by atoms with Crippen LogP contribution in [0.3, 0.4) is 0 Å². The van der Waals surface area contributed by atoms with Crippen molar-refractivity contribution in [2.75, 3.05) is 6.54 Å². The average molecular weight is 533 g/mol. The van der Waals surface area contributed by atoms with Crippen LogP contribution >= 0.6 is 39.9 Å². The Morgan fingerprint density at radius 1 is 1.38 bits per heavy atom. The summed E-state index contributed by atoms with van der Waals surface area (Å²) in [4.78, 5) is 9.23. The Kier molecular flexibility index (Phi) is 7.87. The summed E-state index contributed by atoms with van der Waals surface area (Å²) in [5.74, 6) is 2.79. The first-order valence-electron chi connectivity index (χ1n) is 8.75. The number of nitrogens with zero attached hydrogens (tertiary/aromatic N) is 4. The molecular formula is C18H26BrIN6. The van der Waals surface area contributed by atoms with E-state index in [0.717, 1.165) is 48.0 Å². The van der Waals surface area contributed by atoms with Gasteiger partial charge in [0.15, 0.2) is 5.96 Å². The summed E-state index contributed by atoms with van der Waals surface area (Å²) < 4.78 is 3.11. The molecule has 0 spiro atoms. The lowest BCUT2D eigenvalue weighted by atomic mass is 10.1. The molecule has 0 saturated carbocycles. The molecule has 1 aromatic heterocycles. The van der Waals surface area contributed by atoms with Gasteiger partial charge in [-0.1, -0.05) is 22.0 Å². The van der Waals surface area contributed by atoms with Crippen molar-refractivity contribution >= 4 is 45.9 Å². The van der Waals surface area contributed by atoms with Gasteiger partial charge in [-0.3, -0.25) is 0 Å². The van der Waals surface area contributed by atoms with Crippen LogP contribution in [0.1, 0.15) is 36.1 Å². The van der Waals surface area contributed by atoms with Crippen LogP contribution in [0.15, 0.2) is 27.7 Å². The van der Waals surface area contributed by atoms with Crippen molar-refractivity contribution < 1.29 is 0 Å². The molecule has 0 aliphatic carbocycles. The predicted molar refractivity (Wildman–Crippen MR) is 119 cm³/mol. The second kappa shape index (κ2) is 9.68. The number of nitrogens with one attached hydrogen (secondary N) is 2. The highest BCUT2D eigenvalue weighted by atomic mass is 127. The molecule has 3 rings (SSSR count). The molecule has 1 aliphatic rings. The van der Waals surface area contributed by atoms with Gasteiger partial charge in [-0.05, 0) is 50.5 Å². The third-order valence-electron chi connectivity index (χ3n) is 4.36. The van der Waals surface area contributed by atoms with Gasteiger partial charge in [0.25, 0.3) is 0 Å². The second-order valence-electron chi connectivity index (χ2n) is 6.40. The molecular weight excluding hydrogens is 507 g/mol. The highest BCUT2D eigenvalue weighted by Crippen LogP contribution is 2.17. The van der Waals surface area contributed by atoms with Crippen LogP contribution in [0.2, 0.25) is 0 Å². The number of hydrogen-bond acceptors (Lipinski definition) is 3. The highest BCUT2D eigenvalue weighted by molar-refractivity contribution is 14.0. The summed E-state index contributed by atoms with van der Waals surface area (Å²) in [5.41, 5.74) is 2.48. The van der Waals surface area contributed by atoms with Gasteiger partial charge in [0.2, 0.25) is 0 Å². The Hall–Kier alpha value is -1.16. The zero-order valence-electron chi connectivity index (χ0n) is 15.4. The van der Waals surface area contributed by atoms with Crippen molar-refractivity contribution in [3.8, 4) is 0 Å². The largest absolute Gasteiger partial charge is 0.357 e. The molecule has 0 amide bonds. The number of aromatic nitrogens is 3.